The van der Waals surface area contributed by atoms with E-state index in [0.29, 0.717) is 22.5 Å². The Morgan fingerprint density at radius 2 is 1.65 bits per heavy atom. The first-order valence-corrected chi connectivity index (χ1v) is 12.0. The number of nitrogens with two attached hydrogens (primary N) is 1. The first-order valence-electron chi connectivity index (χ1n) is 10.1. The normalized spacial score (nSPS) is 19.0. The predicted molar refractivity (Wildman–Crippen MR) is 123 cm³/mol. The molecular formula is C22H24ClN5O2S. The van der Waals surface area contributed by atoms with E-state index in [0.717, 1.165) is 25.7 Å². The predicted octanol–water partition coefficient (Wildman–Crippen LogP) is 4.39. The Bertz CT molecular complexity index is 1150. The summed E-state index contributed by atoms with van der Waals surface area (Å²) in [6, 6.07) is 15.5. The molecule has 0 atom stereocenters. The van der Waals surface area contributed by atoms with E-state index in [4.69, 9.17) is 17.3 Å². The molecule has 1 aliphatic rings. The standard InChI is InChI=1S/C22H24ClN5O2S/c23-18-14-25-22(26-16-12-10-15(24)11-13-16)28-21(18)27-19-8-4-5-9-20(19)31(29,30)17-6-2-1-3-7-17/h1-9,14-16H,10-13,24H2,(H2,25,26,27,28). The van der Waals surface area contributed by atoms with Crippen molar-refractivity contribution in [1.82, 2.24) is 9.97 Å². The fourth-order valence-corrected chi connectivity index (χ4v) is 5.20. The first-order chi connectivity index (χ1) is 14.9. The molecule has 0 spiro atoms. The van der Waals surface area contributed by atoms with Crippen molar-refractivity contribution in [2.75, 3.05) is 10.6 Å². The Kier molecular flexibility index (Phi) is 6.41. The first kappa shape index (κ1) is 21.5. The minimum atomic E-state index is -3.72. The molecule has 0 amide bonds. The third kappa shape index (κ3) is 4.98. The lowest BCUT2D eigenvalue weighted by Crippen LogP contribution is -2.33. The van der Waals surface area contributed by atoms with Gasteiger partial charge in [0.1, 0.15) is 5.02 Å². The molecule has 4 rings (SSSR count). The van der Waals surface area contributed by atoms with Crippen LogP contribution in [0.1, 0.15) is 25.7 Å². The van der Waals surface area contributed by atoms with Crippen LogP contribution in [0, 0.1) is 0 Å². The molecule has 31 heavy (non-hydrogen) atoms. The lowest BCUT2D eigenvalue weighted by molar-refractivity contribution is 0.410. The molecule has 1 heterocycles. The summed E-state index contributed by atoms with van der Waals surface area (Å²) < 4.78 is 26.3. The zero-order valence-corrected chi connectivity index (χ0v) is 18.4. The van der Waals surface area contributed by atoms with Gasteiger partial charge in [0.2, 0.25) is 15.8 Å². The van der Waals surface area contributed by atoms with Gasteiger partial charge in [-0.25, -0.2) is 13.4 Å². The number of hydrogen-bond donors (Lipinski definition) is 3. The SMILES string of the molecule is NC1CCC(Nc2ncc(Cl)c(Nc3ccccc3S(=O)(=O)c3ccccc3)n2)CC1. The molecule has 3 aromatic rings. The van der Waals surface area contributed by atoms with Gasteiger partial charge in [0.05, 0.1) is 21.7 Å². The number of anilines is 3. The lowest BCUT2D eigenvalue weighted by atomic mass is 9.92. The van der Waals surface area contributed by atoms with Crippen molar-refractivity contribution in [1.29, 1.82) is 0 Å². The van der Waals surface area contributed by atoms with Gasteiger partial charge in [0.25, 0.3) is 0 Å². The van der Waals surface area contributed by atoms with Crippen LogP contribution in [0.5, 0.6) is 0 Å². The zero-order valence-electron chi connectivity index (χ0n) is 16.8. The minimum absolute atomic E-state index is 0.145. The van der Waals surface area contributed by atoms with Crippen molar-refractivity contribution >= 4 is 38.9 Å². The number of rotatable bonds is 6. The van der Waals surface area contributed by atoms with E-state index in [2.05, 4.69) is 20.6 Å². The molecule has 2 aromatic carbocycles. The molecule has 1 aliphatic carbocycles. The zero-order chi connectivity index (χ0) is 21.8. The number of aromatic nitrogens is 2. The van der Waals surface area contributed by atoms with Crippen LogP contribution in [0.3, 0.4) is 0 Å². The number of nitrogens with zero attached hydrogens (tertiary/aromatic N) is 2. The van der Waals surface area contributed by atoms with Crippen LogP contribution in [-0.2, 0) is 9.84 Å². The van der Waals surface area contributed by atoms with E-state index < -0.39 is 9.84 Å². The van der Waals surface area contributed by atoms with Gasteiger partial charge >= 0.3 is 0 Å². The molecule has 0 unspecified atom stereocenters. The molecular weight excluding hydrogens is 434 g/mol. The fourth-order valence-electron chi connectivity index (χ4n) is 3.63. The van der Waals surface area contributed by atoms with Gasteiger partial charge in [0.15, 0.2) is 5.82 Å². The molecule has 1 saturated carbocycles. The van der Waals surface area contributed by atoms with Crippen molar-refractivity contribution in [3.05, 3.63) is 65.8 Å². The van der Waals surface area contributed by atoms with Gasteiger partial charge in [-0.15, -0.1) is 0 Å². The minimum Gasteiger partial charge on any atom is -0.351 e. The summed E-state index contributed by atoms with van der Waals surface area (Å²) in [5.41, 5.74) is 6.37. The average Bonchev–Trinajstić information content (AvgIpc) is 2.78. The van der Waals surface area contributed by atoms with Crippen LogP contribution < -0.4 is 16.4 Å². The Morgan fingerprint density at radius 1 is 0.968 bits per heavy atom. The maximum absolute atomic E-state index is 13.2. The largest absolute Gasteiger partial charge is 0.351 e. The van der Waals surface area contributed by atoms with E-state index in [1.165, 1.54) is 6.20 Å². The number of sulfone groups is 1. The molecule has 0 bridgehead atoms. The maximum atomic E-state index is 13.2. The second kappa shape index (κ2) is 9.21. The van der Waals surface area contributed by atoms with Crippen molar-refractivity contribution in [2.45, 2.75) is 47.6 Å². The highest BCUT2D eigenvalue weighted by Gasteiger charge is 2.22. The quantitative estimate of drug-likeness (QED) is 0.503. The summed E-state index contributed by atoms with van der Waals surface area (Å²) in [4.78, 5) is 9.12. The molecule has 0 radical (unpaired) electrons. The molecule has 162 valence electrons. The summed E-state index contributed by atoms with van der Waals surface area (Å²) in [7, 11) is -3.72. The molecule has 9 heteroatoms. The highest BCUT2D eigenvalue weighted by molar-refractivity contribution is 7.91. The van der Waals surface area contributed by atoms with Gasteiger partial charge in [0, 0.05) is 12.1 Å². The van der Waals surface area contributed by atoms with Crippen LogP contribution in [0.2, 0.25) is 5.02 Å². The highest BCUT2D eigenvalue weighted by atomic mass is 35.5. The Balaban J connectivity index is 1.60. The topological polar surface area (TPSA) is 110 Å². The summed E-state index contributed by atoms with van der Waals surface area (Å²) in [6.07, 6.45) is 5.33. The molecule has 0 aliphatic heterocycles. The van der Waals surface area contributed by atoms with Crippen LogP contribution in [0.25, 0.3) is 0 Å². The van der Waals surface area contributed by atoms with Gasteiger partial charge in [-0.1, -0.05) is 41.9 Å². The summed E-state index contributed by atoms with van der Waals surface area (Å²) in [6.45, 7) is 0. The van der Waals surface area contributed by atoms with Crippen LogP contribution >= 0.6 is 11.6 Å². The number of nitrogens with one attached hydrogen (secondary N) is 2. The van der Waals surface area contributed by atoms with Gasteiger partial charge < -0.3 is 16.4 Å². The highest BCUT2D eigenvalue weighted by Crippen LogP contribution is 2.32. The van der Waals surface area contributed by atoms with Gasteiger partial charge in [-0.2, -0.15) is 4.98 Å². The number of benzene rings is 2. The van der Waals surface area contributed by atoms with Crippen molar-refractivity contribution < 1.29 is 8.42 Å². The van der Waals surface area contributed by atoms with Crippen LogP contribution in [-0.4, -0.2) is 30.5 Å². The van der Waals surface area contributed by atoms with E-state index in [1.807, 2.05) is 0 Å². The smallest absolute Gasteiger partial charge is 0.224 e. The number of hydrogen-bond acceptors (Lipinski definition) is 7. The Hall–Kier alpha value is -2.68. The number of halogens is 1. The monoisotopic (exact) mass is 457 g/mol. The lowest BCUT2D eigenvalue weighted by Gasteiger charge is -2.26. The second-order valence-electron chi connectivity index (χ2n) is 7.58. The third-order valence-corrected chi connectivity index (χ3v) is 7.44. The maximum Gasteiger partial charge on any atom is 0.224 e. The van der Waals surface area contributed by atoms with E-state index in [-0.39, 0.29) is 21.9 Å². The van der Waals surface area contributed by atoms with Gasteiger partial charge in [-0.05, 0) is 49.9 Å². The average molecular weight is 458 g/mol. The van der Waals surface area contributed by atoms with Crippen molar-refractivity contribution in [3.63, 3.8) is 0 Å². The van der Waals surface area contributed by atoms with Crippen molar-refractivity contribution in [3.8, 4) is 0 Å². The third-order valence-electron chi connectivity index (χ3n) is 5.33. The number of para-hydroxylation sites is 1. The fraction of sp³-hybridized carbons (Fsp3) is 0.273. The Morgan fingerprint density at radius 3 is 2.39 bits per heavy atom. The molecule has 0 saturated heterocycles. The molecule has 1 fully saturated rings. The molecule has 7 nitrogen and oxygen atoms in total. The van der Waals surface area contributed by atoms with Crippen LogP contribution in [0.15, 0.2) is 70.6 Å². The van der Waals surface area contributed by atoms with E-state index >= 15 is 0 Å². The summed E-state index contributed by atoms with van der Waals surface area (Å²) >= 11 is 6.31. The summed E-state index contributed by atoms with van der Waals surface area (Å²) in [5.74, 6) is 0.776. The molecule has 1 aromatic heterocycles. The second-order valence-corrected chi connectivity index (χ2v) is 9.91. The van der Waals surface area contributed by atoms with Crippen molar-refractivity contribution in [2.24, 2.45) is 5.73 Å². The Labute approximate surface area is 187 Å². The summed E-state index contributed by atoms with van der Waals surface area (Å²) in [5, 5.41) is 6.70. The van der Waals surface area contributed by atoms with E-state index in [9.17, 15) is 8.42 Å². The van der Waals surface area contributed by atoms with Crippen LogP contribution in [0.4, 0.5) is 17.5 Å². The molecule has 4 N–H and O–H groups in total. The van der Waals surface area contributed by atoms with E-state index in [1.54, 1.807) is 54.6 Å². The van der Waals surface area contributed by atoms with Gasteiger partial charge in [-0.3, -0.25) is 0 Å².